The molecule has 7 nitrogen and oxygen atoms in total. The highest BCUT2D eigenvalue weighted by molar-refractivity contribution is 7.92. The Morgan fingerprint density at radius 1 is 0.694 bits per heavy atom. The second kappa shape index (κ2) is 10.9. The van der Waals surface area contributed by atoms with Crippen molar-refractivity contribution in [3.8, 4) is 0 Å². The molecule has 0 radical (unpaired) electrons. The molecule has 0 saturated carbocycles. The third-order valence-corrected chi connectivity index (χ3v) is 6.80. The molecule has 0 atom stereocenters. The number of nitrogens with one attached hydrogen (secondary N) is 3. The number of amides is 2. The first-order valence-corrected chi connectivity index (χ1v) is 12.7. The number of anilines is 2. The van der Waals surface area contributed by atoms with Crippen LogP contribution in [0.2, 0.25) is 0 Å². The van der Waals surface area contributed by atoms with Gasteiger partial charge in [-0.2, -0.15) is 0 Å². The van der Waals surface area contributed by atoms with Gasteiger partial charge >= 0.3 is 0 Å². The van der Waals surface area contributed by atoms with Gasteiger partial charge in [0, 0.05) is 29.0 Å². The Morgan fingerprint density at radius 2 is 1.33 bits per heavy atom. The summed E-state index contributed by atoms with van der Waals surface area (Å²) in [6, 6.07) is 28.8. The Labute approximate surface area is 210 Å². The van der Waals surface area contributed by atoms with Gasteiger partial charge in [-0.1, -0.05) is 48.0 Å². The summed E-state index contributed by atoms with van der Waals surface area (Å²) in [6.07, 6.45) is 0. The lowest BCUT2D eigenvalue weighted by Gasteiger charge is -2.10. The largest absolute Gasteiger partial charge is 0.348 e. The van der Waals surface area contributed by atoms with Gasteiger partial charge in [0.05, 0.1) is 4.90 Å². The summed E-state index contributed by atoms with van der Waals surface area (Å²) in [5.41, 5.74) is 3.83. The summed E-state index contributed by atoms with van der Waals surface area (Å²) in [5, 5.41) is 5.70. The van der Waals surface area contributed by atoms with E-state index >= 15 is 0 Å². The first kappa shape index (κ1) is 24.7. The quantitative estimate of drug-likeness (QED) is 0.318. The molecular formula is C28H25N3O4S. The van der Waals surface area contributed by atoms with Crippen LogP contribution in [0.25, 0.3) is 0 Å². The standard InChI is InChI=1S/C28H25N3O4S/c1-20-10-12-23(13-11-20)28(33)30-25-7-5-6-21(18-25)19-29-27(32)22-14-16-24(17-15-22)31-36(34,35)26-8-3-2-4-9-26/h2-18,31H,19H2,1H3,(H,29,32)(H,30,33). The molecular weight excluding hydrogens is 474 g/mol. The van der Waals surface area contributed by atoms with Gasteiger partial charge in [-0.3, -0.25) is 14.3 Å². The van der Waals surface area contributed by atoms with Crippen molar-refractivity contribution in [3.63, 3.8) is 0 Å². The van der Waals surface area contributed by atoms with Crippen LogP contribution in [0.5, 0.6) is 0 Å². The van der Waals surface area contributed by atoms with E-state index in [1.807, 2.05) is 25.1 Å². The van der Waals surface area contributed by atoms with Crippen molar-refractivity contribution < 1.29 is 18.0 Å². The molecule has 8 heteroatoms. The number of carbonyl (C=O) groups excluding carboxylic acids is 2. The summed E-state index contributed by atoms with van der Waals surface area (Å²) in [4.78, 5) is 25.2. The van der Waals surface area contributed by atoms with Crippen LogP contribution in [-0.2, 0) is 16.6 Å². The van der Waals surface area contributed by atoms with E-state index in [0.29, 0.717) is 22.5 Å². The molecule has 0 spiro atoms. The minimum absolute atomic E-state index is 0.157. The van der Waals surface area contributed by atoms with Crippen LogP contribution in [0.4, 0.5) is 11.4 Å². The fourth-order valence-electron chi connectivity index (χ4n) is 3.46. The third kappa shape index (κ3) is 6.37. The molecule has 2 amide bonds. The number of hydrogen-bond acceptors (Lipinski definition) is 4. The first-order valence-electron chi connectivity index (χ1n) is 11.2. The number of sulfonamides is 1. The predicted octanol–water partition coefficient (Wildman–Crippen LogP) is 4.98. The fourth-order valence-corrected chi connectivity index (χ4v) is 4.53. The van der Waals surface area contributed by atoms with E-state index < -0.39 is 10.0 Å². The summed E-state index contributed by atoms with van der Waals surface area (Å²) < 4.78 is 27.4. The highest BCUT2D eigenvalue weighted by Gasteiger charge is 2.14. The SMILES string of the molecule is Cc1ccc(C(=O)Nc2cccc(CNC(=O)c3ccc(NS(=O)(=O)c4ccccc4)cc3)c2)cc1. The second-order valence-corrected chi connectivity index (χ2v) is 9.88. The molecule has 36 heavy (non-hydrogen) atoms. The molecule has 0 aliphatic rings. The third-order valence-electron chi connectivity index (χ3n) is 5.40. The van der Waals surface area contributed by atoms with E-state index in [1.54, 1.807) is 60.7 Å². The number of benzene rings is 4. The summed E-state index contributed by atoms with van der Waals surface area (Å²) in [6.45, 7) is 2.22. The molecule has 4 aromatic rings. The van der Waals surface area contributed by atoms with E-state index in [0.717, 1.165) is 11.1 Å². The lowest BCUT2D eigenvalue weighted by molar-refractivity contribution is 0.0950. The Hall–Kier alpha value is -4.43. The fraction of sp³-hybridized carbons (Fsp3) is 0.0714. The summed E-state index contributed by atoms with van der Waals surface area (Å²) in [5.74, 6) is -0.513. The normalized spacial score (nSPS) is 10.9. The Balaban J connectivity index is 1.34. The second-order valence-electron chi connectivity index (χ2n) is 8.20. The van der Waals surface area contributed by atoms with Crippen molar-refractivity contribution in [1.29, 1.82) is 0 Å². The monoisotopic (exact) mass is 499 g/mol. The molecule has 4 aromatic carbocycles. The molecule has 0 unspecified atom stereocenters. The van der Waals surface area contributed by atoms with Crippen molar-refractivity contribution in [2.75, 3.05) is 10.0 Å². The minimum atomic E-state index is -3.71. The maximum Gasteiger partial charge on any atom is 0.261 e. The topological polar surface area (TPSA) is 104 Å². The van der Waals surface area contributed by atoms with Gasteiger partial charge in [0.1, 0.15) is 0 Å². The molecule has 0 aliphatic heterocycles. The van der Waals surface area contributed by atoms with Crippen molar-refractivity contribution in [3.05, 3.63) is 125 Å². The smallest absolute Gasteiger partial charge is 0.261 e. The van der Waals surface area contributed by atoms with Gasteiger partial charge in [0.25, 0.3) is 21.8 Å². The first-order chi connectivity index (χ1) is 17.3. The van der Waals surface area contributed by atoms with Gasteiger partial charge in [0.15, 0.2) is 0 Å². The Bertz CT molecular complexity index is 1470. The molecule has 0 bridgehead atoms. The average molecular weight is 500 g/mol. The van der Waals surface area contributed by atoms with Crippen molar-refractivity contribution in [2.24, 2.45) is 0 Å². The van der Waals surface area contributed by atoms with Gasteiger partial charge in [-0.25, -0.2) is 8.42 Å². The van der Waals surface area contributed by atoms with Gasteiger partial charge in [-0.05, 0) is 73.2 Å². The van der Waals surface area contributed by atoms with Crippen molar-refractivity contribution in [1.82, 2.24) is 5.32 Å². The zero-order valence-corrected chi connectivity index (χ0v) is 20.4. The molecule has 0 aromatic heterocycles. The predicted molar refractivity (Wildman–Crippen MR) is 140 cm³/mol. The van der Waals surface area contributed by atoms with Gasteiger partial charge < -0.3 is 10.6 Å². The molecule has 0 heterocycles. The number of carbonyl (C=O) groups is 2. The number of hydrogen-bond donors (Lipinski definition) is 3. The highest BCUT2D eigenvalue weighted by atomic mass is 32.2. The molecule has 0 aliphatic carbocycles. The van der Waals surface area contributed by atoms with Crippen LogP contribution in [-0.4, -0.2) is 20.2 Å². The van der Waals surface area contributed by atoms with Crippen LogP contribution >= 0.6 is 0 Å². The highest BCUT2D eigenvalue weighted by Crippen LogP contribution is 2.17. The van der Waals surface area contributed by atoms with Crippen LogP contribution in [0.15, 0.2) is 108 Å². The van der Waals surface area contributed by atoms with Gasteiger partial charge in [0.2, 0.25) is 0 Å². The average Bonchev–Trinajstić information content (AvgIpc) is 2.88. The van der Waals surface area contributed by atoms with Crippen molar-refractivity contribution >= 4 is 33.2 Å². The Kier molecular flexibility index (Phi) is 7.46. The molecule has 182 valence electrons. The molecule has 0 fully saturated rings. The van der Waals surface area contributed by atoms with Gasteiger partial charge in [-0.15, -0.1) is 0 Å². The lowest BCUT2D eigenvalue weighted by atomic mass is 10.1. The van der Waals surface area contributed by atoms with E-state index in [-0.39, 0.29) is 23.3 Å². The maximum atomic E-state index is 12.6. The van der Waals surface area contributed by atoms with Crippen molar-refractivity contribution in [2.45, 2.75) is 18.4 Å². The summed E-state index contributed by atoms with van der Waals surface area (Å²) in [7, 11) is -3.71. The van der Waals surface area contributed by atoms with Crippen LogP contribution < -0.4 is 15.4 Å². The molecule has 4 rings (SSSR count). The van der Waals surface area contributed by atoms with E-state index in [9.17, 15) is 18.0 Å². The van der Waals surface area contributed by atoms with Crippen LogP contribution in [0.3, 0.4) is 0 Å². The zero-order chi connectivity index (χ0) is 25.5. The minimum Gasteiger partial charge on any atom is -0.348 e. The summed E-state index contributed by atoms with van der Waals surface area (Å²) >= 11 is 0. The van der Waals surface area contributed by atoms with E-state index in [1.165, 1.54) is 24.3 Å². The lowest BCUT2D eigenvalue weighted by Crippen LogP contribution is -2.23. The zero-order valence-electron chi connectivity index (χ0n) is 19.6. The number of rotatable bonds is 8. The molecule has 3 N–H and O–H groups in total. The van der Waals surface area contributed by atoms with Crippen LogP contribution in [0, 0.1) is 6.92 Å². The molecule has 0 saturated heterocycles. The van der Waals surface area contributed by atoms with E-state index in [4.69, 9.17) is 0 Å². The van der Waals surface area contributed by atoms with Crippen LogP contribution in [0.1, 0.15) is 31.8 Å². The number of aryl methyl sites for hydroxylation is 1. The van der Waals surface area contributed by atoms with E-state index in [2.05, 4.69) is 15.4 Å². The maximum absolute atomic E-state index is 12.6. The Morgan fingerprint density at radius 3 is 2.03 bits per heavy atom.